The van der Waals surface area contributed by atoms with Gasteiger partial charge < -0.3 is 15.0 Å². The lowest BCUT2D eigenvalue weighted by Gasteiger charge is -2.31. The minimum Gasteiger partial charge on any atom is -0.378 e. The second-order valence-electron chi connectivity index (χ2n) is 8.46. The molecule has 1 N–H and O–H groups in total. The summed E-state index contributed by atoms with van der Waals surface area (Å²) >= 11 is 1.69. The lowest BCUT2D eigenvalue weighted by Crippen LogP contribution is -2.37. The first kappa shape index (κ1) is 19.8. The van der Waals surface area contributed by atoms with Gasteiger partial charge in [-0.3, -0.25) is 0 Å². The number of thiophene rings is 1. The van der Waals surface area contributed by atoms with Crippen molar-refractivity contribution in [3.05, 3.63) is 47.0 Å². The number of nitrogens with one attached hydrogen (secondary N) is 1. The Morgan fingerprint density at radius 3 is 2.66 bits per heavy atom. The largest absolute Gasteiger partial charge is 0.378 e. The van der Waals surface area contributed by atoms with E-state index >= 15 is 0 Å². The van der Waals surface area contributed by atoms with Gasteiger partial charge >= 0.3 is 0 Å². The predicted molar refractivity (Wildman–Crippen MR) is 129 cm³/mol. The van der Waals surface area contributed by atoms with E-state index in [1.54, 1.807) is 11.3 Å². The summed E-state index contributed by atoms with van der Waals surface area (Å²) in [5, 5.41) is 17.6. The molecule has 1 aromatic carbocycles. The van der Waals surface area contributed by atoms with E-state index in [4.69, 9.17) is 9.72 Å². The molecule has 0 saturated carbocycles. The van der Waals surface area contributed by atoms with Crippen LogP contribution in [0.15, 0.2) is 30.3 Å². The zero-order valence-electron chi connectivity index (χ0n) is 18.0. The maximum absolute atomic E-state index is 5.58. The van der Waals surface area contributed by atoms with E-state index in [9.17, 15) is 0 Å². The van der Waals surface area contributed by atoms with Crippen LogP contribution >= 0.6 is 11.3 Å². The van der Waals surface area contributed by atoms with Crippen LogP contribution in [-0.4, -0.2) is 53.2 Å². The zero-order chi connectivity index (χ0) is 21.3. The highest BCUT2D eigenvalue weighted by molar-refractivity contribution is 7.26. The first-order valence-electron chi connectivity index (χ1n) is 11.5. The van der Waals surface area contributed by atoms with E-state index in [1.165, 1.54) is 34.9 Å². The van der Waals surface area contributed by atoms with Gasteiger partial charge in [-0.15, -0.1) is 21.5 Å². The number of benzene rings is 1. The van der Waals surface area contributed by atoms with E-state index in [2.05, 4.69) is 49.9 Å². The van der Waals surface area contributed by atoms with Crippen molar-refractivity contribution in [2.45, 2.75) is 32.1 Å². The molecule has 8 heteroatoms. The third-order valence-electron chi connectivity index (χ3n) is 6.48. The summed E-state index contributed by atoms with van der Waals surface area (Å²) in [6.45, 7) is 4.15. The number of hydrogen-bond acceptors (Lipinski definition) is 8. The number of ether oxygens (including phenoxy) is 1. The Hall–Kier alpha value is -2.84. The molecule has 7 nitrogen and oxygen atoms in total. The molecule has 4 heterocycles. The van der Waals surface area contributed by atoms with Crippen LogP contribution in [0.3, 0.4) is 0 Å². The number of morpholine rings is 1. The van der Waals surface area contributed by atoms with Gasteiger partial charge in [0.1, 0.15) is 20.9 Å². The Morgan fingerprint density at radius 2 is 1.81 bits per heavy atom. The summed E-state index contributed by atoms with van der Waals surface area (Å²) in [6, 6.07) is 10.5. The highest BCUT2D eigenvalue weighted by Gasteiger charge is 2.26. The maximum Gasteiger partial charge on any atom is 0.170 e. The van der Waals surface area contributed by atoms with Gasteiger partial charge in [0.2, 0.25) is 0 Å². The highest BCUT2D eigenvalue weighted by atomic mass is 32.1. The van der Waals surface area contributed by atoms with Crippen LogP contribution in [0.4, 0.5) is 11.6 Å². The van der Waals surface area contributed by atoms with E-state index in [-0.39, 0.29) is 0 Å². The molecule has 6 rings (SSSR count). The molecular formula is C24H26N6OS. The lowest BCUT2D eigenvalue weighted by atomic mass is 9.90. The summed E-state index contributed by atoms with van der Waals surface area (Å²) in [5.41, 5.74) is 5.08. The molecule has 1 fully saturated rings. The molecule has 0 bridgehead atoms. The summed E-state index contributed by atoms with van der Waals surface area (Å²) < 4.78 is 6.64. The fourth-order valence-corrected chi connectivity index (χ4v) is 5.99. The third kappa shape index (κ3) is 3.57. The van der Waals surface area contributed by atoms with Crippen molar-refractivity contribution in [2.75, 3.05) is 43.1 Å². The number of rotatable bonds is 5. The fraction of sp³-hybridized carbons (Fsp3) is 0.417. The van der Waals surface area contributed by atoms with Crippen molar-refractivity contribution in [3.8, 4) is 0 Å². The minimum absolute atomic E-state index is 0.770. The van der Waals surface area contributed by atoms with Crippen LogP contribution in [0.1, 0.15) is 29.5 Å². The van der Waals surface area contributed by atoms with E-state index in [0.717, 1.165) is 78.8 Å². The first-order chi connectivity index (χ1) is 15.9. The molecule has 1 aliphatic carbocycles. The second kappa shape index (κ2) is 8.60. The monoisotopic (exact) mass is 446 g/mol. The predicted octanol–water partition coefficient (Wildman–Crippen LogP) is 4.00. The van der Waals surface area contributed by atoms with Crippen LogP contribution < -0.4 is 10.2 Å². The molecule has 1 aliphatic heterocycles. The van der Waals surface area contributed by atoms with Crippen LogP contribution in [0.5, 0.6) is 0 Å². The molecule has 32 heavy (non-hydrogen) atoms. The van der Waals surface area contributed by atoms with Crippen molar-refractivity contribution >= 4 is 43.4 Å². The van der Waals surface area contributed by atoms with Crippen LogP contribution in [-0.2, 0) is 24.0 Å². The number of hydrogen-bond donors (Lipinski definition) is 1. The van der Waals surface area contributed by atoms with Gasteiger partial charge in [0.25, 0.3) is 0 Å². The Labute approximate surface area is 190 Å². The molecule has 4 aromatic rings. The Morgan fingerprint density at radius 1 is 1.00 bits per heavy atom. The molecule has 0 radical (unpaired) electrons. The van der Waals surface area contributed by atoms with E-state index in [0.29, 0.717) is 0 Å². The van der Waals surface area contributed by atoms with Gasteiger partial charge in [-0.25, -0.2) is 4.98 Å². The quantitative estimate of drug-likeness (QED) is 0.496. The smallest absolute Gasteiger partial charge is 0.170 e. The molecule has 3 aromatic heterocycles. The zero-order valence-corrected chi connectivity index (χ0v) is 18.8. The number of pyridine rings is 1. The summed E-state index contributed by atoms with van der Waals surface area (Å²) in [6.07, 6.45) is 5.54. The molecule has 1 saturated heterocycles. The van der Waals surface area contributed by atoms with Crippen molar-refractivity contribution in [3.63, 3.8) is 0 Å². The van der Waals surface area contributed by atoms with Crippen LogP contribution in [0.2, 0.25) is 0 Å². The number of anilines is 2. The van der Waals surface area contributed by atoms with Crippen molar-refractivity contribution in [1.82, 2.24) is 20.4 Å². The molecule has 0 unspecified atom stereocenters. The van der Waals surface area contributed by atoms with Gasteiger partial charge in [0.15, 0.2) is 5.82 Å². The van der Waals surface area contributed by atoms with E-state index < -0.39 is 0 Å². The van der Waals surface area contributed by atoms with Crippen LogP contribution in [0, 0.1) is 0 Å². The van der Waals surface area contributed by atoms with Crippen molar-refractivity contribution < 1.29 is 4.74 Å². The van der Waals surface area contributed by atoms with Crippen molar-refractivity contribution in [1.29, 1.82) is 0 Å². The minimum atomic E-state index is 0.770. The number of aromatic nitrogens is 4. The summed E-state index contributed by atoms with van der Waals surface area (Å²) in [7, 11) is 0. The standard InChI is InChI=1S/C24H26N6OS/c1-2-6-16(7-3-1)10-11-25-22-21-20(27-29-28-22)19-17-8-4-5-9-18(17)23(26-24(19)32-21)30-12-14-31-15-13-30/h1-3,6-7H,4-5,8-15H2,(H,25,27,28). The SMILES string of the molecule is c1ccc(CCNc2nnnc3c2sc2nc(N4CCOCC4)c4c(c23)CCCC4)cc1. The summed E-state index contributed by atoms with van der Waals surface area (Å²) in [5.74, 6) is 1.97. The topological polar surface area (TPSA) is 76.1 Å². The van der Waals surface area contributed by atoms with Gasteiger partial charge in [0, 0.05) is 25.0 Å². The number of nitrogens with zero attached hydrogens (tertiary/aromatic N) is 5. The van der Waals surface area contributed by atoms with Gasteiger partial charge in [-0.05, 0) is 54.0 Å². The summed E-state index contributed by atoms with van der Waals surface area (Å²) in [4.78, 5) is 8.64. The molecule has 0 amide bonds. The molecule has 0 spiro atoms. The van der Waals surface area contributed by atoms with Gasteiger partial charge in [-0.1, -0.05) is 30.3 Å². The molecule has 2 aliphatic rings. The third-order valence-corrected chi connectivity index (χ3v) is 7.56. The van der Waals surface area contributed by atoms with Crippen molar-refractivity contribution in [2.24, 2.45) is 0 Å². The van der Waals surface area contributed by atoms with Gasteiger partial charge in [-0.2, -0.15) is 0 Å². The van der Waals surface area contributed by atoms with E-state index in [1.807, 2.05) is 6.07 Å². The Bertz CT molecular complexity index is 1250. The highest BCUT2D eigenvalue weighted by Crippen LogP contribution is 2.42. The Kier molecular flexibility index (Phi) is 5.32. The molecular weight excluding hydrogens is 420 g/mol. The second-order valence-corrected chi connectivity index (χ2v) is 9.46. The molecule has 0 atom stereocenters. The normalized spacial score (nSPS) is 16.4. The number of fused-ring (bicyclic) bond motifs is 5. The Balaban J connectivity index is 1.40. The first-order valence-corrected chi connectivity index (χ1v) is 12.3. The average molecular weight is 447 g/mol. The van der Waals surface area contributed by atoms with Gasteiger partial charge in [0.05, 0.1) is 13.2 Å². The van der Waals surface area contributed by atoms with Crippen LogP contribution in [0.25, 0.3) is 20.4 Å². The average Bonchev–Trinajstić information content (AvgIpc) is 3.24. The molecule has 164 valence electrons. The lowest BCUT2D eigenvalue weighted by molar-refractivity contribution is 0.122. The maximum atomic E-state index is 5.58. The fourth-order valence-electron chi connectivity index (χ4n) is 4.89. The number of aryl methyl sites for hydroxylation is 1.